The summed E-state index contributed by atoms with van der Waals surface area (Å²) >= 11 is 0. The topological polar surface area (TPSA) is 58.6 Å². The van der Waals surface area contributed by atoms with Crippen molar-refractivity contribution in [1.29, 1.82) is 0 Å². The van der Waals surface area contributed by atoms with Crippen LogP contribution in [-0.4, -0.2) is 31.5 Å². The van der Waals surface area contributed by atoms with Crippen molar-refractivity contribution in [3.63, 3.8) is 0 Å². The highest BCUT2D eigenvalue weighted by Gasteiger charge is 2.36. The Labute approximate surface area is 176 Å². The van der Waals surface area contributed by atoms with Crippen molar-refractivity contribution < 1.29 is 18.7 Å². The molecule has 30 heavy (non-hydrogen) atoms. The van der Waals surface area contributed by atoms with Gasteiger partial charge in [-0.25, -0.2) is 4.39 Å². The first-order chi connectivity index (χ1) is 14.6. The van der Waals surface area contributed by atoms with Crippen LogP contribution < -0.4 is 15.0 Å². The molecule has 2 aliphatic rings. The van der Waals surface area contributed by atoms with E-state index in [1.807, 2.05) is 36.4 Å². The first-order valence-electron chi connectivity index (χ1n) is 10.6. The van der Waals surface area contributed by atoms with E-state index in [4.69, 9.17) is 4.74 Å². The molecule has 1 fully saturated rings. The predicted molar refractivity (Wildman–Crippen MR) is 113 cm³/mol. The van der Waals surface area contributed by atoms with E-state index in [0.29, 0.717) is 25.4 Å². The molecule has 0 aromatic heterocycles. The van der Waals surface area contributed by atoms with Gasteiger partial charge in [0.05, 0.1) is 12.2 Å². The minimum Gasteiger partial charge on any atom is -0.490 e. The van der Waals surface area contributed by atoms with Crippen molar-refractivity contribution >= 4 is 17.5 Å². The van der Waals surface area contributed by atoms with Crippen LogP contribution in [0.25, 0.3) is 0 Å². The van der Waals surface area contributed by atoms with Crippen molar-refractivity contribution in [3.8, 4) is 5.75 Å². The number of hydrogen-bond acceptors (Lipinski definition) is 3. The highest BCUT2D eigenvalue weighted by molar-refractivity contribution is 5.97. The maximum absolute atomic E-state index is 13.3. The molecular weight excluding hydrogens is 383 g/mol. The van der Waals surface area contributed by atoms with Gasteiger partial charge in [-0.3, -0.25) is 9.59 Å². The summed E-state index contributed by atoms with van der Waals surface area (Å²) in [4.78, 5) is 26.9. The van der Waals surface area contributed by atoms with Crippen molar-refractivity contribution in [2.45, 2.75) is 43.9 Å². The number of benzene rings is 2. The molecule has 0 saturated heterocycles. The smallest absolute Gasteiger partial charge is 0.227 e. The number of anilines is 1. The number of carbonyl (C=O) groups is 2. The first-order valence-corrected chi connectivity index (χ1v) is 10.6. The molecule has 1 N–H and O–H groups in total. The van der Waals surface area contributed by atoms with Gasteiger partial charge in [0.25, 0.3) is 0 Å². The Balaban J connectivity index is 1.33. The number of hydrogen-bond donors (Lipinski definition) is 1. The maximum atomic E-state index is 13.3. The van der Waals surface area contributed by atoms with Crippen molar-refractivity contribution in [3.05, 3.63) is 59.9 Å². The second kappa shape index (κ2) is 8.86. The van der Waals surface area contributed by atoms with Gasteiger partial charge in [0, 0.05) is 24.8 Å². The zero-order valence-corrected chi connectivity index (χ0v) is 17.0. The summed E-state index contributed by atoms with van der Waals surface area (Å²) in [6.45, 7) is 1.46. The summed E-state index contributed by atoms with van der Waals surface area (Å²) in [7, 11) is 0. The molecule has 2 aromatic rings. The molecule has 0 spiro atoms. The third-order valence-electron chi connectivity index (χ3n) is 6.24. The van der Waals surface area contributed by atoms with Gasteiger partial charge in [-0.1, -0.05) is 37.1 Å². The molecule has 1 aliphatic heterocycles. The molecule has 0 unspecified atom stereocenters. The summed E-state index contributed by atoms with van der Waals surface area (Å²) in [5, 5.41) is 3.03. The fourth-order valence-corrected chi connectivity index (χ4v) is 4.56. The highest BCUT2D eigenvalue weighted by Crippen LogP contribution is 2.40. The fraction of sp³-hybridized carbons (Fsp3) is 0.417. The molecule has 0 radical (unpaired) electrons. The minimum atomic E-state index is -0.251. The van der Waals surface area contributed by atoms with E-state index in [1.54, 1.807) is 4.90 Å². The van der Waals surface area contributed by atoms with Gasteiger partial charge in [-0.05, 0) is 42.7 Å². The summed E-state index contributed by atoms with van der Waals surface area (Å²) in [5.41, 5.74) is 1.69. The first kappa shape index (κ1) is 20.4. The average Bonchev–Trinajstić information content (AvgIpc) is 3.26. The number of ether oxygens (including phenoxy) is 1. The van der Waals surface area contributed by atoms with Crippen LogP contribution >= 0.6 is 0 Å². The Morgan fingerprint density at radius 1 is 1.03 bits per heavy atom. The second-order valence-corrected chi connectivity index (χ2v) is 8.13. The monoisotopic (exact) mass is 410 g/mol. The Kier molecular flexibility index (Phi) is 6.02. The molecule has 0 atom stereocenters. The molecule has 6 heteroatoms. The molecule has 2 aromatic carbocycles. The lowest BCUT2D eigenvalue weighted by atomic mass is 9.79. The maximum Gasteiger partial charge on any atom is 0.227 e. The predicted octanol–water partition coefficient (Wildman–Crippen LogP) is 3.96. The molecule has 1 aliphatic carbocycles. The van der Waals surface area contributed by atoms with Crippen LogP contribution in [-0.2, 0) is 15.0 Å². The number of nitrogens with one attached hydrogen (secondary N) is 1. The number of nitrogens with zero attached hydrogens (tertiary/aromatic N) is 1. The lowest BCUT2D eigenvalue weighted by Crippen LogP contribution is -2.40. The standard InChI is InChI=1S/C24H27FN2O3/c25-19-9-7-18(8-10-19)24(13-3-4-14-24)17-26-22(28)11-12-23(29)27-15-16-30-21-6-2-1-5-20(21)27/h1-2,5-10H,3-4,11-17H2,(H,26,28). The molecule has 1 saturated carbocycles. The molecule has 5 nitrogen and oxygen atoms in total. The summed E-state index contributed by atoms with van der Waals surface area (Å²) < 4.78 is 18.9. The molecule has 1 heterocycles. The Morgan fingerprint density at radius 2 is 1.77 bits per heavy atom. The number of fused-ring (bicyclic) bond motifs is 1. The van der Waals surface area contributed by atoms with Gasteiger partial charge < -0.3 is 15.0 Å². The highest BCUT2D eigenvalue weighted by atomic mass is 19.1. The molecule has 2 amide bonds. The van der Waals surface area contributed by atoms with Gasteiger partial charge in [-0.2, -0.15) is 0 Å². The van der Waals surface area contributed by atoms with E-state index in [2.05, 4.69) is 5.32 Å². The van der Waals surface area contributed by atoms with E-state index < -0.39 is 0 Å². The van der Waals surface area contributed by atoms with Crippen molar-refractivity contribution in [2.24, 2.45) is 0 Å². The molecule has 4 rings (SSSR count). The van der Waals surface area contributed by atoms with Gasteiger partial charge in [0.2, 0.25) is 11.8 Å². The number of rotatable bonds is 6. The SMILES string of the molecule is O=C(CCC(=O)N1CCOc2ccccc21)NCC1(c2ccc(F)cc2)CCCC1. The average molecular weight is 410 g/mol. The zero-order chi connectivity index (χ0) is 21.0. The second-order valence-electron chi connectivity index (χ2n) is 8.13. The largest absolute Gasteiger partial charge is 0.490 e. The zero-order valence-electron chi connectivity index (χ0n) is 17.0. The Hall–Kier alpha value is -2.89. The minimum absolute atomic E-state index is 0.0741. The van der Waals surface area contributed by atoms with Crippen LogP contribution in [0.5, 0.6) is 5.75 Å². The van der Waals surface area contributed by atoms with Crippen LogP contribution in [0, 0.1) is 5.82 Å². The van der Waals surface area contributed by atoms with E-state index in [9.17, 15) is 14.0 Å². The summed E-state index contributed by atoms with van der Waals surface area (Å²) in [6.07, 6.45) is 4.46. The molecular formula is C24H27FN2O3. The van der Waals surface area contributed by atoms with Crippen LogP contribution in [0.3, 0.4) is 0 Å². The normalized spacial score (nSPS) is 17.2. The van der Waals surface area contributed by atoms with E-state index >= 15 is 0 Å². The lowest BCUT2D eigenvalue weighted by molar-refractivity contribution is -0.125. The number of para-hydroxylation sites is 2. The third-order valence-corrected chi connectivity index (χ3v) is 6.24. The fourth-order valence-electron chi connectivity index (χ4n) is 4.56. The van der Waals surface area contributed by atoms with Crippen molar-refractivity contribution in [1.82, 2.24) is 5.32 Å². The lowest BCUT2D eigenvalue weighted by Gasteiger charge is -2.30. The van der Waals surface area contributed by atoms with E-state index in [1.165, 1.54) is 12.1 Å². The Bertz CT molecular complexity index is 907. The molecule has 158 valence electrons. The number of carbonyl (C=O) groups excluding carboxylic acids is 2. The van der Waals surface area contributed by atoms with Crippen LogP contribution in [0.15, 0.2) is 48.5 Å². The molecule has 0 bridgehead atoms. The van der Waals surface area contributed by atoms with Crippen LogP contribution in [0.2, 0.25) is 0 Å². The van der Waals surface area contributed by atoms with Gasteiger partial charge in [-0.15, -0.1) is 0 Å². The summed E-state index contributed by atoms with van der Waals surface area (Å²) in [5.74, 6) is 0.247. The van der Waals surface area contributed by atoms with E-state index in [0.717, 1.165) is 36.9 Å². The van der Waals surface area contributed by atoms with Gasteiger partial charge in [0.15, 0.2) is 0 Å². The summed E-state index contributed by atoms with van der Waals surface area (Å²) in [6, 6.07) is 14.1. The third kappa shape index (κ3) is 4.32. The number of halogens is 1. The van der Waals surface area contributed by atoms with Crippen LogP contribution in [0.4, 0.5) is 10.1 Å². The van der Waals surface area contributed by atoms with E-state index in [-0.39, 0.29) is 35.9 Å². The number of amides is 2. The Morgan fingerprint density at radius 3 is 2.53 bits per heavy atom. The van der Waals surface area contributed by atoms with Gasteiger partial charge >= 0.3 is 0 Å². The van der Waals surface area contributed by atoms with Gasteiger partial charge in [0.1, 0.15) is 18.2 Å². The quantitative estimate of drug-likeness (QED) is 0.784. The van der Waals surface area contributed by atoms with Crippen LogP contribution in [0.1, 0.15) is 44.1 Å². The van der Waals surface area contributed by atoms with Crippen molar-refractivity contribution in [2.75, 3.05) is 24.6 Å².